The molecule has 94 valence electrons. The number of hydrogen-bond acceptors (Lipinski definition) is 4. The molecule has 0 aliphatic carbocycles. The number of amides is 1. The summed E-state index contributed by atoms with van der Waals surface area (Å²) in [6.07, 6.45) is 3.91. The SMILES string of the molecule is CC(C)[C@H]1CCCN(C(=O)c2cnc(N)s2)C1. The maximum absolute atomic E-state index is 12.2. The third kappa shape index (κ3) is 2.77. The maximum atomic E-state index is 12.2. The van der Waals surface area contributed by atoms with Gasteiger partial charge in [0, 0.05) is 13.1 Å². The van der Waals surface area contributed by atoms with Crippen LogP contribution in [0.5, 0.6) is 0 Å². The van der Waals surface area contributed by atoms with Crippen molar-refractivity contribution in [2.45, 2.75) is 26.7 Å². The highest BCUT2D eigenvalue weighted by Crippen LogP contribution is 2.25. The summed E-state index contributed by atoms with van der Waals surface area (Å²) >= 11 is 1.27. The highest BCUT2D eigenvalue weighted by atomic mass is 32.1. The first-order valence-electron chi connectivity index (χ1n) is 6.08. The van der Waals surface area contributed by atoms with E-state index in [1.807, 2.05) is 4.90 Å². The van der Waals surface area contributed by atoms with Crippen LogP contribution >= 0.6 is 11.3 Å². The number of nitrogens with zero attached hydrogens (tertiary/aromatic N) is 2. The van der Waals surface area contributed by atoms with Crippen LogP contribution in [0.2, 0.25) is 0 Å². The molecule has 0 unspecified atom stereocenters. The number of nitrogen functional groups attached to an aromatic ring is 1. The van der Waals surface area contributed by atoms with Crippen LogP contribution in [0.3, 0.4) is 0 Å². The number of thiazole rings is 1. The molecule has 1 aliphatic heterocycles. The van der Waals surface area contributed by atoms with Gasteiger partial charge in [-0.05, 0) is 24.7 Å². The lowest BCUT2D eigenvalue weighted by molar-refractivity contribution is 0.0646. The number of piperidine rings is 1. The molecular weight excluding hydrogens is 234 g/mol. The van der Waals surface area contributed by atoms with Crippen LogP contribution in [-0.2, 0) is 0 Å². The van der Waals surface area contributed by atoms with Gasteiger partial charge in [0.05, 0.1) is 6.20 Å². The largest absolute Gasteiger partial charge is 0.375 e. The Hall–Kier alpha value is -1.10. The summed E-state index contributed by atoms with van der Waals surface area (Å²) in [7, 11) is 0. The molecule has 2 rings (SSSR count). The Labute approximate surface area is 106 Å². The van der Waals surface area contributed by atoms with Gasteiger partial charge in [-0.1, -0.05) is 25.2 Å². The van der Waals surface area contributed by atoms with E-state index in [9.17, 15) is 4.79 Å². The molecule has 1 fully saturated rings. The quantitative estimate of drug-likeness (QED) is 0.879. The number of aromatic nitrogens is 1. The first-order chi connectivity index (χ1) is 8.08. The molecule has 1 aromatic heterocycles. The third-order valence-corrected chi connectivity index (χ3v) is 4.24. The fourth-order valence-electron chi connectivity index (χ4n) is 2.28. The van der Waals surface area contributed by atoms with E-state index in [2.05, 4.69) is 18.8 Å². The number of hydrogen-bond donors (Lipinski definition) is 1. The first-order valence-corrected chi connectivity index (χ1v) is 6.90. The number of likely N-dealkylation sites (tertiary alicyclic amines) is 1. The zero-order valence-corrected chi connectivity index (χ0v) is 11.2. The van der Waals surface area contributed by atoms with Crippen LogP contribution in [0.15, 0.2) is 6.20 Å². The van der Waals surface area contributed by atoms with E-state index < -0.39 is 0 Å². The van der Waals surface area contributed by atoms with Gasteiger partial charge in [-0.3, -0.25) is 4.79 Å². The van der Waals surface area contributed by atoms with Crippen molar-refractivity contribution in [2.24, 2.45) is 11.8 Å². The second-order valence-electron chi connectivity index (χ2n) is 4.96. The average molecular weight is 253 g/mol. The van der Waals surface area contributed by atoms with Gasteiger partial charge in [-0.2, -0.15) is 0 Å². The smallest absolute Gasteiger partial charge is 0.265 e. The normalized spacial score (nSPS) is 20.9. The Kier molecular flexibility index (Phi) is 3.66. The highest BCUT2D eigenvalue weighted by molar-refractivity contribution is 7.17. The fraction of sp³-hybridized carbons (Fsp3) is 0.667. The summed E-state index contributed by atoms with van der Waals surface area (Å²) in [5.41, 5.74) is 5.56. The lowest BCUT2D eigenvalue weighted by atomic mass is 9.88. The van der Waals surface area contributed by atoms with E-state index in [1.165, 1.54) is 17.8 Å². The van der Waals surface area contributed by atoms with Gasteiger partial charge in [0.1, 0.15) is 4.88 Å². The van der Waals surface area contributed by atoms with Gasteiger partial charge >= 0.3 is 0 Å². The van der Waals surface area contributed by atoms with E-state index in [0.717, 1.165) is 19.5 Å². The molecule has 2 N–H and O–H groups in total. The van der Waals surface area contributed by atoms with Crippen LogP contribution < -0.4 is 5.73 Å². The molecule has 1 aliphatic rings. The number of rotatable bonds is 2. The minimum absolute atomic E-state index is 0.0875. The van der Waals surface area contributed by atoms with Crippen molar-refractivity contribution in [2.75, 3.05) is 18.8 Å². The number of carbonyl (C=O) groups is 1. The fourth-order valence-corrected chi connectivity index (χ4v) is 2.93. The number of carbonyl (C=O) groups excluding carboxylic acids is 1. The van der Waals surface area contributed by atoms with Crippen molar-refractivity contribution in [1.29, 1.82) is 0 Å². The summed E-state index contributed by atoms with van der Waals surface area (Å²) < 4.78 is 0. The summed E-state index contributed by atoms with van der Waals surface area (Å²) in [6, 6.07) is 0. The van der Waals surface area contributed by atoms with Crippen molar-refractivity contribution < 1.29 is 4.79 Å². The van der Waals surface area contributed by atoms with Crippen LogP contribution in [0.25, 0.3) is 0 Å². The van der Waals surface area contributed by atoms with Crippen LogP contribution in [0.4, 0.5) is 5.13 Å². The van der Waals surface area contributed by atoms with Gasteiger partial charge in [0.15, 0.2) is 5.13 Å². The molecule has 5 heteroatoms. The minimum Gasteiger partial charge on any atom is -0.375 e. The second kappa shape index (κ2) is 5.04. The molecule has 17 heavy (non-hydrogen) atoms. The van der Waals surface area contributed by atoms with Gasteiger partial charge in [0.2, 0.25) is 0 Å². The van der Waals surface area contributed by atoms with E-state index in [0.29, 0.717) is 21.8 Å². The van der Waals surface area contributed by atoms with E-state index in [1.54, 1.807) is 6.20 Å². The van der Waals surface area contributed by atoms with E-state index in [4.69, 9.17) is 5.73 Å². The molecule has 2 heterocycles. The molecular formula is C12H19N3OS. The lowest BCUT2D eigenvalue weighted by Crippen LogP contribution is -2.41. The van der Waals surface area contributed by atoms with Gasteiger partial charge in [0.25, 0.3) is 5.91 Å². The Balaban J connectivity index is 2.04. The Bertz CT molecular complexity index is 402. The van der Waals surface area contributed by atoms with Crippen molar-refractivity contribution >= 4 is 22.4 Å². The van der Waals surface area contributed by atoms with Crippen molar-refractivity contribution in [3.8, 4) is 0 Å². The molecule has 0 spiro atoms. The Morgan fingerprint density at radius 1 is 1.65 bits per heavy atom. The minimum atomic E-state index is 0.0875. The van der Waals surface area contributed by atoms with Gasteiger partial charge in [-0.25, -0.2) is 4.98 Å². The topological polar surface area (TPSA) is 59.2 Å². The average Bonchev–Trinajstić information content (AvgIpc) is 2.75. The summed E-state index contributed by atoms with van der Waals surface area (Å²) in [6.45, 7) is 6.18. The Morgan fingerprint density at radius 2 is 2.41 bits per heavy atom. The maximum Gasteiger partial charge on any atom is 0.265 e. The third-order valence-electron chi connectivity index (χ3n) is 3.42. The van der Waals surface area contributed by atoms with Crippen LogP contribution in [0.1, 0.15) is 36.4 Å². The molecule has 1 saturated heterocycles. The molecule has 0 aromatic carbocycles. The zero-order chi connectivity index (χ0) is 12.4. The first kappa shape index (κ1) is 12.4. The molecule has 0 saturated carbocycles. The molecule has 4 nitrogen and oxygen atoms in total. The van der Waals surface area contributed by atoms with Crippen LogP contribution in [-0.4, -0.2) is 28.9 Å². The molecule has 1 aromatic rings. The van der Waals surface area contributed by atoms with Crippen LogP contribution in [0, 0.1) is 11.8 Å². The van der Waals surface area contributed by atoms with Crippen molar-refractivity contribution in [3.05, 3.63) is 11.1 Å². The van der Waals surface area contributed by atoms with Gasteiger partial charge < -0.3 is 10.6 Å². The molecule has 0 radical (unpaired) electrons. The summed E-state index contributed by atoms with van der Waals surface area (Å²) in [5.74, 6) is 1.35. The number of nitrogens with two attached hydrogens (primary N) is 1. The molecule has 1 atom stereocenters. The standard InChI is InChI=1S/C12H19N3OS/c1-8(2)9-4-3-5-15(7-9)11(16)10-6-14-12(13)17-10/h6,8-9H,3-5,7H2,1-2H3,(H2,13,14)/t9-/m0/s1. The predicted octanol–water partition coefficient (Wildman–Crippen LogP) is 2.23. The zero-order valence-electron chi connectivity index (χ0n) is 10.3. The summed E-state index contributed by atoms with van der Waals surface area (Å²) in [4.78, 5) is 18.8. The number of anilines is 1. The lowest BCUT2D eigenvalue weighted by Gasteiger charge is -2.34. The van der Waals surface area contributed by atoms with Crippen molar-refractivity contribution in [3.63, 3.8) is 0 Å². The van der Waals surface area contributed by atoms with Gasteiger partial charge in [-0.15, -0.1) is 0 Å². The predicted molar refractivity (Wildman–Crippen MR) is 70.0 cm³/mol. The summed E-state index contributed by atoms with van der Waals surface area (Å²) in [5, 5.41) is 0.464. The second-order valence-corrected chi connectivity index (χ2v) is 6.02. The molecule has 1 amide bonds. The van der Waals surface area contributed by atoms with E-state index in [-0.39, 0.29) is 5.91 Å². The van der Waals surface area contributed by atoms with Crippen molar-refractivity contribution in [1.82, 2.24) is 9.88 Å². The molecule has 0 bridgehead atoms. The highest BCUT2D eigenvalue weighted by Gasteiger charge is 2.26. The van der Waals surface area contributed by atoms with E-state index >= 15 is 0 Å². The monoisotopic (exact) mass is 253 g/mol. The Morgan fingerprint density at radius 3 is 3.00 bits per heavy atom.